The molecule has 0 amide bonds. The number of fused-ring (bicyclic) bond motifs is 3. The van der Waals surface area contributed by atoms with Crippen LogP contribution in [-0.4, -0.2) is 29.1 Å². The fourth-order valence-electron chi connectivity index (χ4n) is 3.84. The normalized spacial score (nSPS) is 45.1. The lowest BCUT2D eigenvalue weighted by molar-refractivity contribution is -0.143. The first-order valence-electron chi connectivity index (χ1n) is 6.68. The maximum atomic E-state index is 11.9. The van der Waals surface area contributed by atoms with Crippen molar-refractivity contribution in [2.75, 3.05) is 0 Å². The summed E-state index contributed by atoms with van der Waals surface area (Å²) < 4.78 is 5.46. The van der Waals surface area contributed by atoms with Crippen LogP contribution in [0.1, 0.15) is 27.2 Å². The number of aliphatic hydroxyl groups is 1. The minimum absolute atomic E-state index is 0.0294. The summed E-state index contributed by atoms with van der Waals surface area (Å²) in [5, 5.41) is 10.4. The molecule has 1 N–H and O–H groups in total. The van der Waals surface area contributed by atoms with E-state index in [4.69, 9.17) is 4.74 Å². The van der Waals surface area contributed by atoms with Gasteiger partial charge in [-0.05, 0) is 25.0 Å². The summed E-state index contributed by atoms with van der Waals surface area (Å²) in [5.74, 6) is -0.852. The number of carbonyl (C=O) groups is 2. The van der Waals surface area contributed by atoms with E-state index in [1.807, 2.05) is 13.0 Å². The standard InChI is InChI=1S/C15H18O4/c1-7-9(16)4-5-15(3)6-10(17)11-8(2)14(18)19-13(11)12(7)15/h4-5,8,10-11,13,17H,6H2,1-3H3/t8-,10-,11+,13+,15+/m0/s1. The van der Waals surface area contributed by atoms with Gasteiger partial charge in [0.15, 0.2) is 5.78 Å². The van der Waals surface area contributed by atoms with E-state index in [9.17, 15) is 14.7 Å². The summed E-state index contributed by atoms with van der Waals surface area (Å²) in [6.07, 6.45) is 2.90. The lowest BCUT2D eigenvalue weighted by Gasteiger charge is -2.45. The second-order valence-corrected chi connectivity index (χ2v) is 6.15. The third kappa shape index (κ3) is 1.56. The lowest BCUT2D eigenvalue weighted by atomic mass is 9.60. The van der Waals surface area contributed by atoms with Gasteiger partial charge in [0.05, 0.1) is 12.0 Å². The first-order valence-corrected chi connectivity index (χ1v) is 6.68. The Kier molecular flexibility index (Phi) is 2.52. The van der Waals surface area contributed by atoms with Gasteiger partial charge in [0, 0.05) is 16.9 Å². The van der Waals surface area contributed by atoms with Gasteiger partial charge < -0.3 is 9.84 Å². The molecule has 0 spiro atoms. The molecule has 1 saturated heterocycles. The Balaban J connectivity index is 2.14. The molecule has 4 nitrogen and oxygen atoms in total. The molecule has 1 saturated carbocycles. The van der Waals surface area contributed by atoms with Gasteiger partial charge in [-0.25, -0.2) is 0 Å². The molecule has 1 heterocycles. The number of aliphatic hydroxyl groups excluding tert-OH is 1. The highest BCUT2D eigenvalue weighted by atomic mass is 16.6. The monoisotopic (exact) mass is 262 g/mol. The van der Waals surface area contributed by atoms with Crippen molar-refractivity contribution in [3.8, 4) is 0 Å². The first kappa shape index (κ1) is 12.6. The van der Waals surface area contributed by atoms with Crippen LogP contribution in [0.2, 0.25) is 0 Å². The molecule has 1 aliphatic heterocycles. The Morgan fingerprint density at radius 2 is 2.11 bits per heavy atom. The van der Waals surface area contributed by atoms with Crippen molar-refractivity contribution in [2.45, 2.75) is 39.4 Å². The van der Waals surface area contributed by atoms with Crippen LogP contribution >= 0.6 is 0 Å². The van der Waals surface area contributed by atoms with Crippen molar-refractivity contribution >= 4 is 11.8 Å². The van der Waals surface area contributed by atoms with Crippen molar-refractivity contribution in [2.24, 2.45) is 17.3 Å². The van der Waals surface area contributed by atoms with Crippen molar-refractivity contribution in [1.29, 1.82) is 0 Å². The largest absolute Gasteiger partial charge is 0.457 e. The topological polar surface area (TPSA) is 63.6 Å². The van der Waals surface area contributed by atoms with Gasteiger partial charge >= 0.3 is 5.97 Å². The van der Waals surface area contributed by atoms with Crippen LogP contribution in [0, 0.1) is 17.3 Å². The predicted molar refractivity (Wildman–Crippen MR) is 68.1 cm³/mol. The second kappa shape index (κ2) is 3.79. The lowest BCUT2D eigenvalue weighted by Crippen LogP contribution is -2.47. The van der Waals surface area contributed by atoms with Crippen LogP contribution in [0.4, 0.5) is 0 Å². The molecule has 0 aromatic rings. The zero-order chi connectivity index (χ0) is 13.9. The minimum atomic E-state index is -0.578. The van der Waals surface area contributed by atoms with E-state index in [1.54, 1.807) is 19.9 Å². The number of allylic oxidation sites excluding steroid dienone is 3. The number of hydrogen-bond donors (Lipinski definition) is 1. The summed E-state index contributed by atoms with van der Waals surface area (Å²) in [6, 6.07) is 0. The van der Waals surface area contributed by atoms with Crippen LogP contribution < -0.4 is 0 Å². The van der Waals surface area contributed by atoms with Crippen LogP contribution in [0.3, 0.4) is 0 Å². The zero-order valence-electron chi connectivity index (χ0n) is 11.3. The van der Waals surface area contributed by atoms with Gasteiger partial charge in [-0.15, -0.1) is 0 Å². The minimum Gasteiger partial charge on any atom is -0.457 e. The highest BCUT2D eigenvalue weighted by Gasteiger charge is 2.56. The Hall–Kier alpha value is -1.42. The SMILES string of the molecule is CC1=C2[C@@H]3OC(=O)[C@@H](C)[C@@H]3[C@@H](O)C[C@@]2(C)C=CC1=O. The number of esters is 1. The maximum Gasteiger partial charge on any atom is 0.309 e. The summed E-state index contributed by atoms with van der Waals surface area (Å²) >= 11 is 0. The average Bonchev–Trinajstić information content (AvgIpc) is 2.61. The summed E-state index contributed by atoms with van der Waals surface area (Å²) in [6.45, 7) is 5.56. The van der Waals surface area contributed by atoms with Gasteiger partial charge in [0.1, 0.15) is 6.10 Å². The quantitative estimate of drug-likeness (QED) is 0.670. The summed E-state index contributed by atoms with van der Waals surface area (Å²) in [4.78, 5) is 23.7. The van der Waals surface area contributed by atoms with E-state index < -0.39 is 12.2 Å². The number of ether oxygens (including phenoxy) is 1. The van der Waals surface area contributed by atoms with Gasteiger partial charge in [-0.3, -0.25) is 9.59 Å². The predicted octanol–water partition coefficient (Wildman–Crippen LogP) is 1.39. The molecule has 0 aromatic heterocycles. The molecule has 2 aliphatic carbocycles. The number of rotatable bonds is 0. The van der Waals surface area contributed by atoms with Crippen LogP contribution in [0.5, 0.6) is 0 Å². The molecule has 5 atom stereocenters. The van der Waals surface area contributed by atoms with Crippen LogP contribution in [-0.2, 0) is 14.3 Å². The van der Waals surface area contributed by atoms with Gasteiger partial charge in [-0.1, -0.05) is 19.9 Å². The van der Waals surface area contributed by atoms with E-state index in [1.165, 1.54) is 0 Å². The van der Waals surface area contributed by atoms with E-state index >= 15 is 0 Å². The van der Waals surface area contributed by atoms with Gasteiger partial charge in [0.2, 0.25) is 0 Å². The van der Waals surface area contributed by atoms with E-state index in [2.05, 4.69) is 0 Å². The average molecular weight is 262 g/mol. The molecule has 102 valence electrons. The van der Waals surface area contributed by atoms with Crippen molar-refractivity contribution in [1.82, 2.24) is 0 Å². The highest BCUT2D eigenvalue weighted by molar-refractivity contribution is 6.05. The number of ketones is 1. The molecule has 0 unspecified atom stereocenters. The zero-order valence-corrected chi connectivity index (χ0v) is 11.3. The molecule has 3 aliphatic rings. The summed E-state index contributed by atoms with van der Waals surface area (Å²) in [5.41, 5.74) is 1.16. The molecule has 4 heteroatoms. The first-order chi connectivity index (χ1) is 8.85. The molecule has 0 bridgehead atoms. The van der Waals surface area contributed by atoms with Gasteiger partial charge in [0.25, 0.3) is 0 Å². The van der Waals surface area contributed by atoms with E-state index in [0.717, 1.165) is 5.57 Å². The number of carbonyl (C=O) groups excluding carboxylic acids is 2. The highest BCUT2D eigenvalue weighted by Crippen LogP contribution is 2.52. The Morgan fingerprint density at radius 3 is 2.79 bits per heavy atom. The third-order valence-electron chi connectivity index (χ3n) is 4.90. The van der Waals surface area contributed by atoms with E-state index in [-0.39, 0.29) is 29.0 Å². The molecule has 0 aromatic carbocycles. The van der Waals surface area contributed by atoms with Crippen molar-refractivity contribution in [3.05, 3.63) is 23.3 Å². The van der Waals surface area contributed by atoms with Gasteiger partial charge in [-0.2, -0.15) is 0 Å². The number of hydrogen-bond acceptors (Lipinski definition) is 4. The Labute approximate surface area is 112 Å². The molecule has 19 heavy (non-hydrogen) atoms. The Bertz CT molecular complexity index is 530. The smallest absolute Gasteiger partial charge is 0.309 e. The Morgan fingerprint density at radius 1 is 1.42 bits per heavy atom. The maximum absolute atomic E-state index is 11.9. The molecular weight excluding hydrogens is 244 g/mol. The molecule has 3 rings (SSSR count). The van der Waals surface area contributed by atoms with Crippen LogP contribution in [0.15, 0.2) is 23.3 Å². The summed E-state index contributed by atoms with van der Waals surface area (Å²) in [7, 11) is 0. The molecule has 0 radical (unpaired) electrons. The third-order valence-corrected chi connectivity index (χ3v) is 4.90. The fourth-order valence-corrected chi connectivity index (χ4v) is 3.84. The molecular formula is C15H18O4. The second-order valence-electron chi connectivity index (χ2n) is 6.15. The fraction of sp³-hybridized carbons (Fsp3) is 0.600. The van der Waals surface area contributed by atoms with Crippen molar-refractivity contribution < 1.29 is 19.4 Å². The van der Waals surface area contributed by atoms with Crippen LogP contribution in [0.25, 0.3) is 0 Å². The van der Waals surface area contributed by atoms with Crippen molar-refractivity contribution in [3.63, 3.8) is 0 Å². The molecule has 2 fully saturated rings. The van der Waals surface area contributed by atoms with E-state index in [0.29, 0.717) is 12.0 Å².